The maximum absolute atomic E-state index is 5.30. The molecule has 0 fully saturated rings. The van der Waals surface area contributed by atoms with Crippen LogP contribution in [-0.2, 0) is 0 Å². The lowest BCUT2D eigenvalue weighted by atomic mass is 10.0. The minimum absolute atomic E-state index is 0.793. The SMILES string of the molecule is COc1ccc(-c2nnc(-c3cccc4ccccc34)n2-c2ccccc2)cc1. The van der Waals surface area contributed by atoms with Crippen molar-refractivity contribution in [1.82, 2.24) is 14.8 Å². The van der Waals surface area contributed by atoms with E-state index in [1.807, 2.05) is 42.5 Å². The van der Waals surface area contributed by atoms with E-state index < -0.39 is 0 Å². The molecular formula is C25H19N3O. The molecule has 0 radical (unpaired) electrons. The lowest BCUT2D eigenvalue weighted by molar-refractivity contribution is 0.415. The molecule has 0 aliphatic heterocycles. The summed E-state index contributed by atoms with van der Waals surface area (Å²) in [5.41, 5.74) is 3.05. The third-order valence-electron chi connectivity index (χ3n) is 5.06. The van der Waals surface area contributed by atoms with E-state index >= 15 is 0 Å². The third-order valence-corrected chi connectivity index (χ3v) is 5.06. The second-order valence-corrected chi connectivity index (χ2v) is 6.77. The van der Waals surface area contributed by atoms with E-state index in [0.717, 1.165) is 39.6 Å². The smallest absolute Gasteiger partial charge is 0.169 e. The number of fused-ring (bicyclic) bond motifs is 1. The number of hydrogen-bond acceptors (Lipinski definition) is 3. The van der Waals surface area contributed by atoms with Gasteiger partial charge in [-0.25, -0.2) is 0 Å². The molecule has 0 saturated carbocycles. The molecule has 4 heteroatoms. The average molecular weight is 377 g/mol. The summed E-state index contributed by atoms with van der Waals surface area (Å²) in [6.07, 6.45) is 0. The molecule has 5 rings (SSSR count). The Morgan fingerprint density at radius 3 is 2.14 bits per heavy atom. The third kappa shape index (κ3) is 3.05. The molecule has 0 amide bonds. The molecule has 0 saturated heterocycles. The molecule has 0 unspecified atom stereocenters. The average Bonchev–Trinajstić information content (AvgIpc) is 3.24. The van der Waals surface area contributed by atoms with Crippen molar-refractivity contribution in [1.29, 1.82) is 0 Å². The second-order valence-electron chi connectivity index (χ2n) is 6.77. The van der Waals surface area contributed by atoms with Crippen LogP contribution in [0.5, 0.6) is 5.75 Å². The summed E-state index contributed by atoms with van der Waals surface area (Å²) < 4.78 is 7.41. The topological polar surface area (TPSA) is 39.9 Å². The van der Waals surface area contributed by atoms with Gasteiger partial charge in [0.1, 0.15) is 5.75 Å². The molecule has 0 spiro atoms. The van der Waals surface area contributed by atoms with Gasteiger partial charge in [0.2, 0.25) is 0 Å². The first kappa shape index (κ1) is 17.2. The van der Waals surface area contributed by atoms with Gasteiger partial charge in [0.05, 0.1) is 7.11 Å². The van der Waals surface area contributed by atoms with Crippen molar-refractivity contribution in [2.75, 3.05) is 7.11 Å². The van der Waals surface area contributed by atoms with E-state index in [-0.39, 0.29) is 0 Å². The molecule has 0 bridgehead atoms. The van der Waals surface area contributed by atoms with E-state index in [9.17, 15) is 0 Å². The Morgan fingerprint density at radius 2 is 1.34 bits per heavy atom. The van der Waals surface area contributed by atoms with Crippen LogP contribution in [0.4, 0.5) is 0 Å². The number of benzene rings is 4. The molecule has 140 valence electrons. The van der Waals surface area contributed by atoms with Crippen molar-refractivity contribution in [2.45, 2.75) is 0 Å². The van der Waals surface area contributed by atoms with Gasteiger partial charge in [-0.2, -0.15) is 0 Å². The second kappa shape index (κ2) is 7.24. The fraction of sp³-hybridized carbons (Fsp3) is 0.0400. The van der Waals surface area contributed by atoms with Crippen LogP contribution in [0.2, 0.25) is 0 Å². The van der Waals surface area contributed by atoms with E-state index in [1.165, 1.54) is 5.39 Å². The van der Waals surface area contributed by atoms with Gasteiger partial charge in [-0.3, -0.25) is 4.57 Å². The molecule has 0 atom stereocenters. The highest BCUT2D eigenvalue weighted by Crippen LogP contribution is 2.33. The van der Waals surface area contributed by atoms with E-state index in [4.69, 9.17) is 4.74 Å². The monoisotopic (exact) mass is 377 g/mol. The summed E-state index contributed by atoms with van der Waals surface area (Å²) in [5, 5.41) is 11.5. The van der Waals surface area contributed by atoms with Gasteiger partial charge in [0.25, 0.3) is 0 Å². The number of aromatic nitrogens is 3. The first-order valence-corrected chi connectivity index (χ1v) is 9.48. The van der Waals surface area contributed by atoms with Gasteiger partial charge >= 0.3 is 0 Å². The maximum Gasteiger partial charge on any atom is 0.169 e. The Labute approximate surface area is 169 Å². The number of methoxy groups -OCH3 is 1. The van der Waals surface area contributed by atoms with Gasteiger partial charge < -0.3 is 4.74 Å². The van der Waals surface area contributed by atoms with E-state index in [0.29, 0.717) is 0 Å². The molecule has 0 aliphatic carbocycles. The first-order chi connectivity index (χ1) is 14.3. The molecule has 0 N–H and O–H groups in total. The zero-order chi connectivity index (χ0) is 19.6. The van der Waals surface area contributed by atoms with Crippen LogP contribution >= 0.6 is 0 Å². The Morgan fingerprint density at radius 1 is 0.655 bits per heavy atom. The Hall–Kier alpha value is -3.92. The molecule has 29 heavy (non-hydrogen) atoms. The fourth-order valence-electron chi connectivity index (χ4n) is 3.63. The van der Waals surface area contributed by atoms with Crippen LogP contribution in [0.25, 0.3) is 39.2 Å². The summed E-state index contributed by atoms with van der Waals surface area (Å²) >= 11 is 0. The molecule has 4 aromatic carbocycles. The normalized spacial score (nSPS) is 10.9. The lowest BCUT2D eigenvalue weighted by Crippen LogP contribution is -2.00. The van der Waals surface area contributed by atoms with Crippen molar-refractivity contribution >= 4 is 10.8 Å². The van der Waals surface area contributed by atoms with Crippen LogP contribution in [0.15, 0.2) is 97.1 Å². The highest BCUT2D eigenvalue weighted by molar-refractivity contribution is 5.95. The zero-order valence-electron chi connectivity index (χ0n) is 16.0. The van der Waals surface area contributed by atoms with Gasteiger partial charge in [0, 0.05) is 16.8 Å². The van der Waals surface area contributed by atoms with Crippen molar-refractivity contribution in [3.63, 3.8) is 0 Å². The van der Waals surface area contributed by atoms with E-state index in [1.54, 1.807) is 7.11 Å². The molecule has 0 aliphatic rings. The zero-order valence-corrected chi connectivity index (χ0v) is 16.0. The number of rotatable bonds is 4. The molecule has 1 aromatic heterocycles. The van der Waals surface area contributed by atoms with Crippen molar-refractivity contribution < 1.29 is 4.74 Å². The quantitative estimate of drug-likeness (QED) is 0.400. The highest BCUT2D eigenvalue weighted by atomic mass is 16.5. The van der Waals surface area contributed by atoms with Crippen LogP contribution < -0.4 is 4.74 Å². The molecular weight excluding hydrogens is 358 g/mol. The van der Waals surface area contributed by atoms with Crippen LogP contribution in [0.3, 0.4) is 0 Å². The predicted molar refractivity (Wildman–Crippen MR) is 116 cm³/mol. The minimum Gasteiger partial charge on any atom is -0.497 e. The summed E-state index contributed by atoms with van der Waals surface area (Å²) in [4.78, 5) is 0. The van der Waals surface area contributed by atoms with Crippen LogP contribution in [0, 0.1) is 0 Å². The van der Waals surface area contributed by atoms with Gasteiger partial charge in [0.15, 0.2) is 11.6 Å². The molecule has 1 heterocycles. The summed E-state index contributed by atoms with van der Waals surface area (Å²) in [6, 6.07) is 32.8. The summed E-state index contributed by atoms with van der Waals surface area (Å²) in [7, 11) is 1.67. The maximum atomic E-state index is 5.30. The molecule has 5 aromatic rings. The van der Waals surface area contributed by atoms with Crippen LogP contribution in [-0.4, -0.2) is 21.9 Å². The van der Waals surface area contributed by atoms with Gasteiger partial charge in [-0.05, 0) is 47.2 Å². The Balaban J connectivity index is 1.77. The first-order valence-electron chi connectivity index (χ1n) is 9.48. The summed E-state index contributed by atoms with van der Waals surface area (Å²) in [5.74, 6) is 2.43. The number of para-hydroxylation sites is 1. The minimum atomic E-state index is 0.793. The largest absolute Gasteiger partial charge is 0.497 e. The lowest BCUT2D eigenvalue weighted by Gasteiger charge is -2.12. The van der Waals surface area contributed by atoms with Gasteiger partial charge in [-0.15, -0.1) is 10.2 Å². The van der Waals surface area contributed by atoms with Crippen molar-refractivity contribution in [3.8, 4) is 34.2 Å². The van der Waals surface area contributed by atoms with Crippen molar-refractivity contribution in [3.05, 3.63) is 97.1 Å². The highest BCUT2D eigenvalue weighted by Gasteiger charge is 2.18. The number of ether oxygens (including phenoxy) is 1. The number of hydrogen-bond donors (Lipinski definition) is 0. The Kier molecular flexibility index (Phi) is 4.30. The van der Waals surface area contributed by atoms with Gasteiger partial charge in [-0.1, -0.05) is 60.7 Å². The number of nitrogens with zero attached hydrogens (tertiary/aromatic N) is 3. The Bertz CT molecular complexity index is 1270. The van der Waals surface area contributed by atoms with E-state index in [2.05, 4.69) is 69.4 Å². The fourth-order valence-corrected chi connectivity index (χ4v) is 3.63. The van der Waals surface area contributed by atoms with Crippen molar-refractivity contribution in [2.24, 2.45) is 0 Å². The predicted octanol–water partition coefficient (Wildman–Crippen LogP) is 5.76. The van der Waals surface area contributed by atoms with Crippen LogP contribution in [0.1, 0.15) is 0 Å². The molecule has 4 nitrogen and oxygen atoms in total. The summed E-state index contributed by atoms with van der Waals surface area (Å²) in [6.45, 7) is 0. The standard InChI is InChI=1S/C25H19N3O/c1-29-21-16-14-19(15-17-21)24-26-27-25(28(24)20-10-3-2-4-11-20)23-13-7-9-18-8-5-6-12-22(18)23/h2-17H,1H3.